The van der Waals surface area contributed by atoms with E-state index in [-0.39, 0.29) is 18.0 Å². The first-order chi connectivity index (χ1) is 13.5. The van der Waals surface area contributed by atoms with E-state index in [1.165, 1.54) is 9.13 Å². The van der Waals surface area contributed by atoms with Crippen LogP contribution in [0, 0.1) is 0 Å². The topological polar surface area (TPSA) is 82.3 Å². The van der Waals surface area contributed by atoms with Gasteiger partial charge in [0.15, 0.2) is 0 Å². The first-order valence-electron chi connectivity index (χ1n) is 9.17. The Labute approximate surface area is 162 Å². The molecule has 3 aromatic rings. The predicted octanol–water partition coefficient (Wildman–Crippen LogP) is 1.90. The highest BCUT2D eigenvalue weighted by molar-refractivity contribution is 5.81. The van der Waals surface area contributed by atoms with Crippen molar-refractivity contribution in [3.05, 3.63) is 74.9 Å². The summed E-state index contributed by atoms with van der Waals surface area (Å²) in [5, 5.41) is 3.25. The van der Waals surface area contributed by atoms with Gasteiger partial charge in [-0.1, -0.05) is 31.2 Å². The minimum absolute atomic E-state index is 0.153. The van der Waals surface area contributed by atoms with Crippen molar-refractivity contribution < 1.29 is 9.53 Å². The number of nitrogens with zero attached hydrogens (tertiary/aromatic N) is 2. The fourth-order valence-electron chi connectivity index (χ4n) is 3.09. The highest BCUT2D eigenvalue weighted by Crippen LogP contribution is 2.11. The van der Waals surface area contributed by atoms with Gasteiger partial charge in [0.05, 0.1) is 18.0 Å². The number of nitrogens with one attached hydrogen (secondary N) is 1. The summed E-state index contributed by atoms with van der Waals surface area (Å²) in [7, 11) is 1.59. The third-order valence-corrected chi connectivity index (χ3v) is 4.53. The van der Waals surface area contributed by atoms with Gasteiger partial charge in [-0.25, -0.2) is 4.79 Å². The van der Waals surface area contributed by atoms with Crippen molar-refractivity contribution in [2.24, 2.45) is 0 Å². The zero-order valence-corrected chi connectivity index (χ0v) is 16.0. The fourth-order valence-corrected chi connectivity index (χ4v) is 3.09. The maximum Gasteiger partial charge on any atom is 0.331 e. The molecule has 1 heterocycles. The predicted molar refractivity (Wildman–Crippen MR) is 108 cm³/mol. The van der Waals surface area contributed by atoms with Crippen molar-refractivity contribution in [1.29, 1.82) is 0 Å². The maximum absolute atomic E-state index is 12.8. The Bertz CT molecular complexity index is 1100. The molecule has 1 aromatic heterocycles. The lowest BCUT2D eigenvalue weighted by atomic mass is 10.2. The number of amides is 1. The van der Waals surface area contributed by atoms with E-state index in [0.29, 0.717) is 30.4 Å². The molecule has 0 saturated heterocycles. The van der Waals surface area contributed by atoms with Gasteiger partial charge >= 0.3 is 5.69 Å². The molecule has 7 nitrogen and oxygen atoms in total. The van der Waals surface area contributed by atoms with Gasteiger partial charge in [-0.15, -0.1) is 0 Å². The zero-order chi connectivity index (χ0) is 20.1. The summed E-state index contributed by atoms with van der Waals surface area (Å²) in [6.45, 7) is 2.40. The van der Waals surface area contributed by atoms with Gasteiger partial charge in [0.25, 0.3) is 5.56 Å². The van der Waals surface area contributed by atoms with Crippen molar-refractivity contribution in [2.45, 2.75) is 33.0 Å². The molecule has 0 aliphatic rings. The Morgan fingerprint density at radius 3 is 2.43 bits per heavy atom. The van der Waals surface area contributed by atoms with E-state index in [0.717, 1.165) is 11.3 Å². The van der Waals surface area contributed by atoms with Gasteiger partial charge in [-0.3, -0.25) is 18.7 Å². The smallest absolute Gasteiger partial charge is 0.331 e. The Kier molecular flexibility index (Phi) is 5.93. The molecule has 3 rings (SSSR count). The van der Waals surface area contributed by atoms with E-state index in [1.807, 2.05) is 31.2 Å². The zero-order valence-electron chi connectivity index (χ0n) is 16.0. The van der Waals surface area contributed by atoms with Crippen LogP contribution in [0.3, 0.4) is 0 Å². The summed E-state index contributed by atoms with van der Waals surface area (Å²) in [4.78, 5) is 37.9. The number of ether oxygens (including phenoxy) is 1. The second-order valence-corrected chi connectivity index (χ2v) is 6.47. The van der Waals surface area contributed by atoms with Crippen molar-refractivity contribution in [2.75, 3.05) is 7.11 Å². The first kappa shape index (κ1) is 19.4. The number of fused-ring (bicyclic) bond motifs is 1. The molecule has 28 heavy (non-hydrogen) atoms. The molecule has 0 unspecified atom stereocenters. The van der Waals surface area contributed by atoms with E-state index >= 15 is 0 Å². The Morgan fingerprint density at radius 1 is 1.04 bits per heavy atom. The number of rotatable bonds is 7. The third kappa shape index (κ3) is 3.98. The van der Waals surface area contributed by atoms with Gasteiger partial charge in [0.1, 0.15) is 12.3 Å². The van der Waals surface area contributed by atoms with Gasteiger partial charge in [0.2, 0.25) is 5.91 Å². The Morgan fingerprint density at radius 2 is 1.75 bits per heavy atom. The fraction of sp³-hybridized carbons (Fsp3) is 0.286. The maximum atomic E-state index is 12.8. The van der Waals surface area contributed by atoms with Crippen LogP contribution < -0.4 is 21.3 Å². The molecule has 0 radical (unpaired) electrons. The number of carbonyl (C=O) groups is 1. The second kappa shape index (κ2) is 8.56. The molecule has 0 bridgehead atoms. The number of hydrogen-bond acceptors (Lipinski definition) is 4. The van der Waals surface area contributed by atoms with Crippen molar-refractivity contribution in [1.82, 2.24) is 14.5 Å². The molecule has 146 valence electrons. The van der Waals surface area contributed by atoms with Gasteiger partial charge in [-0.2, -0.15) is 0 Å². The number of benzene rings is 2. The van der Waals surface area contributed by atoms with Crippen molar-refractivity contribution >= 4 is 16.8 Å². The number of aromatic nitrogens is 2. The van der Waals surface area contributed by atoms with Crippen molar-refractivity contribution in [3.8, 4) is 5.75 Å². The molecule has 7 heteroatoms. The van der Waals surface area contributed by atoms with Crippen LogP contribution in [0.2, 0.25) is 0 Å². The lowest BCUT2D eigenvalue weighted by molar-refractivity contribution is -0.121. The molecule has 0 spiro atoms. The monoisotopic (exact) mass is 381 g/mol. The number of para-hydroxylation sites is 1. The van der Waals surface area contributed by atoms with E-state index < -0.39 is 5.69 Å². The van der Waals surface area contributed by atoms with Crippen LogP contribution in [0.4, 0.5) is 0 Å². The molecule has 0 atom stereocenters. The van der Waals surface area contributed by atoms with Crippen LogP contribution in [0.1, 0.15) is 18.9 Å². The summed E-state index contributed by atoms with van der Waals surface area (Å²) in [5.74, 6) is 0.441. The van der Waals surface area contributed by atoms with Crippen LogP contribution in [-0.2, 0) is 24.4 Å². The van der Waals surface area contributed by atoms with E-state index in [4.69, 9.17) is 4.74 Å². The molecular weight excluding hydrogens is 358 g/mol. The average molecular weight is 381 g/mol. The molecule has 1 N–H and O–H groups in total. The summed E-state index contributed by atoms with van der Waals surface area (Å²) in [6, 6.07) is 14.2. The average Bonchev–Trinajstić information content (AvgIpc) is 2.73. The summed E-state index contributed by atoms with van der Waals surface area (Å²) in [6.07, 6.45) is 0.650. The van der Waals surface area contributed by atoms with Gasteiger partial charge < -0.3 is 10.1 Å². The highest BCUT2D eigenvalue weighted by Gasteiger charge is 2.14. The minimum atomic E-state index is -0.467. The van der Waals surface area contributed by atoms with E-state index in [2.05, 4.69) is 5.32 Å². The standard InChI is InChI=1S/C21H23N3O4/c1-3-12-23-20(26)17-6-4-5-7-18(17)24(21(23)27)14-19(25)22-13-15-8-10-16(28-2)11-9-15/h4-11H,3,12-14H2,1-2H3,(H,22,25). The van der Waals surface area contributed by atoms with Crippen LogP contribution in [0.5, 0.6) is 5.75 Å². The minimum Gasteiger partial charge on any atom is -0.497 e. The van der Waals surface area contributed by atoms with Crippen LogP contribution in [-0.4, -0.2) is 22.2 Å². The summed E-state index contributed by atoms with van der Waals surface area (Å²) in [5.41, 5.74) is 0.592. The second-order valence-electron chi connectivity index (χ2n) is 6.47. The molecule has 0 saturated carbocycles. The SMILES string of the molecule is CCCn1c(=O)c2ccccc2n(CC(=O)NCc2ccc(OC)cc2)c1=O. The number of methoxy groups -OCH3 is 1. The molecule has 0 fully saturated rings. The normalized spacial score (nSPS) is 10.8. The largest absolute Gasteiger partial charge is 0.497 e. The summed E-state index contributed by atoms with van der Waals surface area (Å²) < 4.78 is 7.67. The highest BCUT2D eigenvalue weighted by atomic mass is 16.5. The van der Waals surface area contributed by atoms with Crippen LogP contribution >= 0.6 is 0 Å². The van der Waals surface area contributed by atoms with Gasteiger partial charge in [-0.05, 0) is 36.2 Å². The van der Waals surface area contributed by atoms with Gasteiger partial charge in [0, 0.05) is 13.1 Å². The number of carbonyl (C=O) groups excluding carboxylic acids is 1. The lowest BCUT2D eigenvalue weighted by Crippen LogP contribution is -2.42. The molecular formula is C21H23N3O4. The summed E-state index contributed by atoms with van der Waals surface area (Å²) >= 11 is 0. The first-order valence-corrected chi connectivity index (χ1v) is 9.17. The molecule has 2 aromatic carbocycles. The molecule has 0 aliphatic carbocycles. The third-order valence-electron chi connectivity index (χ3n) is 4.53. The Hall–Kier alpha value is -3.35. The quantitative estimate of drug-likeness (QED) is 0.678. The van der Waals surface area contributed by atoms with Crippen molar-refractivity contribution in [3.63, 3.8) is 0 Å². The van der Waals surface area contributed by atoms with Crippen LogP contribution in [0.25, 0.3) is 10.9 Å². The van der Waals surface area contributed by atoms with Crippen LogP contribution in [0.15, 0.2) is 58.1 Å². The molecule has 1 amide bonds. The lowest BCUT2D eigenvalue weighted by Gasteiger charge is -2.14. The number of hydrogen-bond donors (Lipinski definition) is 1. The molecule has 0 aliphatic heterocycles. The van der Waals surface area contributed by atoms with E-state index in [1.54, 1.807) is 31.4 Å². The van der Waals surface area contributed by atoms with E-state index in [9.17, 15) is 14.4 Å². The Balaban J connectivity index is 1.85.